The Balaban J connectivity index is 0.000000243. The summed E-state index contributed by atoms with van der Waals surface area (Å²) in [5.74, 6) is 0.547. The van der Waals surface area contributed by atoms with Crippen molar-refractivity contribution in [1.29, 1.82) is 0 Å². The zero-order valence-electron chi connectivity index (χ0n) is 29.1. The van der Waals surface area contributed by atoms with Crippen LogP contribution in [-0.4, -0.2) is 20.9 Å². The number of aliphatic hydroxyl groups is 1. The van der Waals surface area contributed by atoms with Gasteiger partial charge < -0.3 is 5.11 Å². The molecule has 0 spiro atoms. The molecule has 1 N–H and O–H groups in total. The number of fused-ring (bicyclic) bond motifs is 7. The number of benzene rings is 6. The van der Waals surface area contributed by atoms with Crippen molar-refractivity contribution >= 4 is 70.7 Å². The topological polar surface area (TPSA) is 63.1 Å². The second kappa shape index (κ2) is 14.3. The van der Waals surface area contributed by atoms with Crippen molar-refractivity contribution < 1.29 is 30.0 Å². The van der Waals surface area contributed by atoms with Crippen LogP contribution in [0.15, 0.2) is 84.9 Å². The first-order valence-electron chi connectivity index (χ1n) is 17.1. The van der Waals surface area contributed by atoms with E-state index in [2.05, 4.69) is 93.6 Å². The molecule has 1 aromatic heterocycles. The van der Waals surface area contributed by atoms with Crippen LogP contribution in [0.4, 0.5) is 0 Å². The van der Waals surface area contributed by atoms with Gasteiger partial charge in [-0.3, -0.25) is 9.78 Å². The number of allylic oxidation sites excluding steroid dienone is 2. The fourth-order valence-corrected chi connectivity index (χ4v) is 7.07. The number of aliphatic hydroxyl groups excluding tert-OH is 1. The van der Waals surface area contributed by atoms with E-state index >= 15 is 0 Å². The van der Waals surface area contributed by atoms with Crippen LogP contribution >= 0.6 is 0 Å². The van der Waals surface area contributed by atoms with Gasteiger partial charge in [-0.2, -0.15) is 0 Å². The summed E-state index contributed by atoms with van der Waals surface area (Å²) in [6.45, 7) is 14.9. The van der Waals surface area contributed by atoms with E-state index in [0.29, 0.717) is 0 Å². The molecule has 0 bridgehead atoms. The number of carbonyl (C=O) groups excluding carboxylic acids is 1. The summed E-state index contributed by atoms with van der Waals surface area (Å²) >= 11 is 0. The van der Waals surface area contributed by atoms with E-state index in [1.165, 1.54) is 49.3 Å². The van der Waals surface area contributed by atoms with E-state index in [0.717, 1.165) is 52.9 Å². The summed E-state index contributed by atoms with van der Waals surface area (Å²) < 4.78 is 0. The molecule has 0 fully saturated rings. The predicted octanol–water partition coefficient (Wildman–Crippen LogP) is 11.8. The fraction of sp³-hybridized carbons (Fsp3) is 0.326. The minimum absolute atomic E-state index is 0. The van der Waals surface area contributed by atoms with E-state index in [9.17, 15) is 9.90 Å². The molecule has 0 aliphatic carbocycles. The van der Waals surface area contributed by atoms with E-state index < -0.39 is 0 Å². The smallest absolute Gasteiger partial charge is 0.162 e. The molecule has 0 aliphatic heterocycles. The number of hydrogen-bond donors (Lipinski definition) is 1. The van der Waals surface area contributed by atoms with Gasteiger partial charge in [-0.25, -0.2) is 4.98 Å². The molecular weight excluding hydrogens is 769 g/mol. The minimum atomic E-state index is 0. The number of ketones is 1. The molecule has 0 saturated carbocycles. The van der Waals surface area contributed by atoms with Gasteiger partial charge in [0.25, 0.3) is 0 Å². The standard InChI is InChI=1S/C30H21N2.C13H24O2.Ir/c1-30(2,3)19-11-12-22-24(15-19)21-10-6-9-20-23-13-17-7-4-5-8-18(17)14-25(23)29-27(26(20)21)28(22)31-16-32-29;1-5-10(6-2)12(14)9-13(15)11(7-3)8-4;/h4-13,15-16H,1-3H3;9-11,14H,5-8H2,1-4H3;/q-1;;/b;12-9-;. The van der Waals surface area contributed by atoms with Crippen LogP contribution in [0.5, 0.6) is 0 Å². The number of carbonyl (C=O) groups is 1. The fourth-order valence-electron chi connectivity index (χ4n) is 7.07. The van der Waals surface area contributed by atoms with Crippen LogP contribution < -0.4 is 0 Å². The summed E-state index contributed by atoms with van der Waals surface area (Å²) in [7, 11) is 0. The molecule has 5 heteroatoms. The SMILES string of the molecule is CC(C)(C)c1ccc2c(c1)c1cccc3c4cc5ccccc5[c-]c4c4ncnc2c4c31.CCC(CC)C(=O)/C=C(\O)C(CC)CC.[Ir]. The van der Waals surface area contributed by atoms with Crippen LogP contribution in [0.25, 0.3) is 64.9 Å². The monoisotopic (exact) mass is 814 g/mol. The molecule has 1 radical (unpaired) electrons. The summed E-state index contributed by atoms with van der Waals surface area (Å²) in [5, 5.41) is 21.7. The Morgan fingerprint density at radius 1 is 0.750 bits per heavy atom. The third-order valence-electron chi connectivity index (χ3n) is 9.99. The van der Waals surface area contributed by atoms with Gasteiger partial charge in [0.15, 0.2) is 5.78 Å². The minimum Gasteiger partial charge on any atom is -0.512 e. The van der Waals surface area contributed by atoms with Crippen LogP contribution in [-0.2, 0) is 30.3 Å². The van der Waals surface area contributed by atoms with Gasteiger partial charge in [0.2, 0.25) is 0 Å². The molecule has 0 aliphatic rings. The van der Waals surface area contributed by atoms with E-state index in [-0.39, 0.29) is 48.9 Å². The number of aromatic nitrogens is 2. The zero-order valence-corrected chi connectivity index (χ0v) is 31.5. The summed E-state index contributed by atoms with van der Waals surface area (Å²) in [6.07, 6.45) is 6.62. The summed E-state index contributed by atoms with van der Waals surface area (Å²) in [4.78, 5) is 21.3. The van der Waals surface area contributed by atoms with E-state index in [4.69, 9.17) is 9.97 Å². The Labute approximate surface area is 297 Å². The Bertz CT molecular complexity index is 2270. The molecule has 0 saturated heterocycles. The normalized spacial score (nSPS) is 12.5. The van der Waals surface area contributed by atoms with Gasteiger partial charge in [0, 0.05) is 54.3 Å². The van der Waals surface area contributed by atoms with Crippen LogP contribution in [0, 0.1) is 17.9 Å². The Morgan fingerprint density at radius 2 is 1.40 bits per heavy atom. The van der Waals surface area contributed by atoms with Crippen molar-refractivity contribution in [3.8, 4) is 0 Å². The maximum absolute atomic E-state index is 11.7. The first-order chi connectivity index (χ1) is 22.6. The third kappa shape index (κ3) is 6.31. The summed E-state index contributed by atoms with van der Waals surface area (Å²) in [6, 6.07) is 27.9. The average molecular weight is 814 g/mol. The van der Waals surface area contributed by atoms with Crippen molar-refractivity contribution in [3.05, 3.63) is 96.5 Å². The largest absolute Gasteiger partial charge is 0.512 e. The predicted molar refractivity (Wildman–Crippen MR) is 200 cm³/mol. The molecule has 4 nitrogen and oxygen atoms in total. The average Bonchev–Trinajstić information content (AvgIpc) is 3.08. The van der Waals surface area contributed by atoms with Crippen molar-refractivity contribution in [3.63, 3.8) is 0 Å². The van der Waals surface area contributed by atoms with Crippen molar-refractivity contribution in [2.24, 2.45) is 11.8 Å². The quantitative estimate of drug-likeness (QED) is 0.0572. The van der Waals surface area contributed by atoms with Crippen LogP contribution in [0.3, 0.4) is 0 Å². The van der Waals surface area contributed by atoms with Gasteiger partial charge in [-0.1, -0.05) is 113 Å². The van der Waals surface area contributed by atoms with Crippen LogP contribution in [0.1, 0.15) is 79.7 Å². The molecule has 7 rings (SSSR count). The van der Waals surface area contributed by atoms with Crippen molar-refractivity contribution in [2.75, 3.05) is 0 Å². The molecule has 6 aromatic carbocycles. The van der Waals surface area contributed by atoms with E-state index in [1.54, 1.807) is 6.33 Å². The first kappa shape index (κ1) is 35.4. The van der Waals surface area contributed by atoms with Gasteiger partial charge in [0.05, 0.1) is 11.3 Å². The van der Waals surface area contributed by atoms with Crippen LogP contribution in [0.2, 0.25) is 0 Å². The van der Waals surface area contributed by atoms with Gasteiger partial charge in [-0.05, 0) is 64.3 Å². The molecule has 7 aromatic rings. The third-order valence-corrected chi connectivity index (χ3v) is 9.99. The molecular formula is C43H45IrN2O2-. The molecule has 0 unspecified atom stereocenters. The first-order valence-corrected chi connectivity index (χ1v) is 17.1. The van der Waals surface area contributed by atoms with E-state index in [1.807, 2.05) is 27.7 Å². The second-order valence-electron chi connectivity index (χ2n) is 13.8. The number of hydrogen-bond acceptors (Lipinski definition) is 4. The summed E-state index contributed by atoms with van der Waals surface area (Å²) in [5.41, 5.74) is 3.43. The van der Waals surface area contributed by atoms with Crippen molar-refractivity contribution in [2.45, 2.75) is 79.6 Å². The number of rotatable bonds is 7. The van der Waals surface area contributed by atoms with Crippen molar-refractivity contribution in [1.82, 2.24) is 9.97 Å². The maximum Gasteiger partial charge on any atom is 0.162 e. The Morgan fingerprint density at radius 3 is 2.06 bits per heavy atom. The molecule has 48 heavy (non-hydrogen) atoms. The Kier molecular flexibility index (Phi) is 10.5. The Hall–Kier alpha value is -3.92. The number of nitrogens with zero attached hydrogens (tertiary/aromatic N) is 2. The van der Waals surface area contributed by atoms with Gasteiger partial charge >= 0.3 is 0 Å². The second-order valence-corrected chi connectivity index (χ2v) is 13.8. The molecule has 0 amide bonds. The molecule has 1 heterocycles. The zero-order chi connectivity index (χ0) is 33.5. The van der Waals surface area contributed by atoms with Gasteiger partial charge in [-0.15, -0.1) is 23.6 Å². The van der Waals surface area contributed by atoms with Gasteiger partial charge in [0.1, 0.15) is 6.33 Å². The molecule has 0 atom stereocenters. The maximum atomic E-state index is 11.7. The molecule has 249 valence electrons.